The van der Waals surface area contributed by atoms with E-state index < -0.39 is 46.5 Å². The molecule has 0 bridgehead atoms. The van der Waals surface area contributed by atoms with E-state index in [2.05, 4.69) is 20.3 Å². The summed E-state index contributed by atoms with van der Waals surface area (Å²) in [6.07, 6.45) is -2.78. The maximum atomic E-state index is 13.8. The van der Waals surface area contributed by atoms with E-state index >= 15 is 0 Å². The molecule has 3 aliphatic heterocycles. The van der Waals surface area contributed by atoms with Crippen LogP contribution in [-0.4, -0.2) is 96.5 Å². The average molecular weight is 697 g/mol. The summed E-state index contributed by atoms with van der Waals surface area (Å²) in [6, 6.07) is 0.600. The number of likely N-dealkylation sites (tertiary alicyclic amines) is 2. The van der Waals surface area contributed by atoms with Gasteiger partial charge in [0.2, 0.25) is 5.91 Å². The minimum Gasteiger partial charge on any atom is -0.357 e. The van der Waals surface area contributed by atoms with E-state index in [1.165, 1.54) is 28.0 Å². The lowest BCUT2D eigenvalue weighted by Crippen LogP contribution is -2.64. The Morgan fingerprint density at radius 3 is 2.37 bits per heavy atom. The monoisotopic (exact) mass is 696 g/mol. The van der Waals surface area contributed by atoms with Gasteiger partial charge in [0.15, 0.2) is 5.82 Å². The second kappa shape index (κ2) is 10.8. The van der Waals surface area contributed by atoms with E-state index in [4.69, 9.17) is 9.26 Å². The molecule has 2 amide bonds. The lowest BCUT2D eigenvalue weighted by atomic mass is 9.70. The summed E-state index contributed by atoms with van der Waals surface area (Å²) in [5.41, 5.74) is -4.93. The molecule has 3 aromatic rings. The minimum absolute atomic E-state index is 0.0330. The third-order valence-corrected chi connectivity index (χ3v) is 11.1. The van der Waals surface area contributed by atoms with Crippen molar-refractivity contribution in [2.24, 2.45) is 10.8 Å². The van der Waals surface area contributed by atoms with Gasteiger partial charge in [-0.15, -0.1) is 0 Å². The highest BCUT2D eigenvalue weighted by Gasteiger charge is 2.71. The molecule has 1 spiro atoms. The molecule has 5 fully saturated rings. The molecule has 2 aliphatic carbocycles. The van der Waals surface area contributed by atoms with Gasteiger partial charge >= 0.3 is 12.4 Å². The predicted octanol–water partition coefficient (Wildman–Crippen LogP) is 4.78. The van der Waals surface area contributed by atoms with Gasteiger partial charge in [0.1, 0.15) is 23.1 Å². The van der Waals surface area contributed by atoms with Gasteiger partial charge in [-0.25, -0.2) is 4.68 Å². The molecule has 0 N–H and O–H groups in total. The van der Waals surface area contributed by atoms with Gasteiger partial charge in [-0.1, -0.05) is 5.16 Å². The summed E-state index contributed by atoms with van der Waals surface area (Å²) in [6.45, 7) is 2.40. The number of alkyl halides is 6. The van der Waals surface area contributed by atoms with Gasteiger partial charge in [0.25, 0.3) is 11.8 Å². The van der Waals surface area contributed by atoms with E-state index in [-0.39, 0.29) is 81.4 Å². The molecule has 3 saturated heterocycles. The lowest BCUT2D eigenvalue weighted by Gasteiger charge is -2.51. The first-order valence-electron chi connectivity index (χ1n) is 16.4. The van der Waals surface area contributed by atoms with Crippen molar-refractivity contribution in [1.82, 2.24) is 39.5 Å². The molecule has 18 heteroatoms. The van der Waals surface area contributed by atoms with E-state index in [0.717, 1.165) is 19.3 Å². The number of carbonyl (C=O) groups is 2. The number of rotatable bonds is 7. The van der Waals surface area contributed by atoms with Crippen LogP contribution in [0.3, 0.4) is 0 Å². The average Bonchev–Trinajstić information content (AvgIpc) is 3.74. The first kappa shape index (κ1) is 32.3. The molecular formula is C31H34F6N8O4. The number of carbonyl (C=O) groups excluding carboxylic acids is 2. The zero-order valence-corrected chi connectivity index (χ0v) is 26.5. The summed E-state index contributed by atoms with van der Waals surface area (Å²) in [7, 11) is 0. The molecule has 3 aromatic heterocycles. The molecule has 3 unspecified atom stereocenters. The van der Waals surface area contributed by atoms with Gasteiger partial charge in [-0.3, -0.25) is 14.3 Å². The van der Waals surface area contributed by atoms with E-state index in [9.17, 15) is 35.9 Å². The summed E-state index contributed by atoms with van der Waals surface area (Å²) < 4.78 is 96.7. The second-order valence-electron chi connectivity index (χ2n) is 14.3. The zero-order chi connectivity index (χ0) is 34.6. The SMILES string of the molecule is CC(c1nc(C2CN(C(=O)c3cnn(C4CCCCO4)c3)CC23CN(C(=O)C2(C(F)(F)F)CC2)C3)no1)n1ccc(C2(C(F)(F)F)CC2)n1. The van der Waals surface area contributed by atoms with Crippen molar-refractivity contribution in [3.63, 3.8) is 0 Å². The molecular weight excluding hydrogens is 662 g/mol. The van der Waals surface area contributed by atoms with Gasteiger partial charge < -0.3 is 19.1 Å². The molecule has 3 atom stereocenters. The minimum atomic E-state index is -4.66. The Labute approximate surface area is 275 Å². The molecule has 0 aromatic carbocycles. The number of hydrogen-bond acceptors (Lipinski definition) is 8. The van der Waals surface area contributed by atoms with Crippen molar-refractivity contribution in [2.45, 2.75) is 87.8 Å². The molecule has 6 heterocycles. The maximum Gasteiger partial charge on any atom is 0.403 e. The highest BCUT2D eigenvalue weighted by atomic mass is 19.4. The first-order chi connectivity index (χ1) is 23.2. The van der Waals surface area contributed by atoms with Gasteiger partial charge in [0, 0.05) is 50.6 Å². The van der Waals surface area contributed by atoms with Gasteiger partial charge in [-0.2, -0.15) is 41.5 Å². The highest BCUT2D eigenvalue weighted by molar-refractivity contribution is 5.94. The van der Waals surface area contributed by atoms with Crippen LogP contribution < -0.4 is 0 Å². The smallest absolute Gasteiger partial charge is 0.357 e. The van der Waals surface area contributed by atoms with Crippen molar-refractivity contribution in [1.29, 1.82) is 0 Å². The maximum absolute atomic E-state index is 13.8. The largest absolute Gasteiger partial charge is 0.403 e. The van der Waals surface area contributed by atoms with Crippen molar-refractivity contribution < 1.29 is 45.2 Å². The fraction of sp³-hybridized carbons (Fsp3) is 0.677. The zero-order valence-electron chi connectivity index (χ0n) is 26.5. The number of nitrogens with zero attached hydrogens (tertiary/aromatic N) is 8. The van der Waals surface area contributed by atoms with E-state index in [1.54, 1.807) is 22.7 Å². The Hall–Kier alpha value is -3.96. The fourth-order valence-electron chi connectivity index (χ4n) is 7.71. The normalized spacial score (nSPS) is 26.1. The summed E-state index contributed by atoms with van der Waals surface area (Å²) in [4.78, 5) is 34.2. The van der Waals surface area contributed by atoms with Crippen LogP contribution in [0.25, 0.3) is 0 Å². The molecule has 264 valence electrons. The summed E-state index contributed by atoms with van der Waals surface area (Å²) in [5, 5.41) is 12.7. The van der Waals surface area contributed by atoms with Crippen molar-refractivity contribution in [3.05, 3.63) is 47.6 Å². The standard InChI is InChI=1S/C31H34F6N8O4/c1-18(44-10-5-21(40-44)28(6-7-28)30(32,33)34)24-39-23(41-49-24)20-14-42(25(46)19-12-38-45(13-19)22-4-2-3-11-48-22)15-27(20)16-43(17-27)26(47)29(8-9-29)31(35,36)37/h5,10,12-13,18,20,22H,2-4,6-9,11,14-17H2,1H3. The van der Waals surface area contributed by atoms with Crippen LogP contribution >= 0.6 is 0 Å². The molecule has 12 nitrogen and oxygen atoms in total. The predicted molar refractivity (Wildman–Crippen MR) is 154 cm³/mol. The Bertz CT molecular complexity index is 1760. The van der Waals surface area contributed by atoms with Crippen LogP contribution in [0.4, 0.5) is 26.3 Å². The van der Waals surface area contributed by atoms with Crippen LogP contribution in [0.5, 0.6) is 0 Å². The van der Waals surface area contributed by atoms with Crippen LogP contribution in [0.2, 0.25) is 0 Å². The third-order valence-electron chi connectivity index (χ3n) is 11.1. The fourth-order valence-corrected chi connectivity index (χ4v) is 7.71. The number of ether oxygens (including phenoxy) is 1. The Morgan fingerprint density at radius 2 is 1.73 bits per heavy atom. The number of amides is 2. The van der Waals surface area contributed by atoms with Crippen LogP contribution in [0.15, 0.2) is 29.2 Å². The Kier molecular flexibility index (Phi) is 7.09. The third kappa shape index (κ3) is 5.06. The Morgan fingerprint density at radius 1 is 1.00 bits per heavy atom. The Balaban J connectivity index is 1.04. The quantitative estimate of drug-likeness (QED) is 0.324. The van der Waals surface area contributed by atoms with Crippen LogP contribution in [0.1, 0.15) is 97.8 Å². The second-order valence-corrected chi connectivity index (χ2v) is 14.3. The molecule has 0 radical (unpaired) electrons. The number of halogens is 6. The topological polar surface area (TPSA) is 124 Å². The summed E-state index contributed by atoms with van der Waals surface area (Å²) in [5.74, 6) is -1.66. The summed E-state index contributed by atoms with van der Waals surface area (Å²) >= 11 is 0. The van der Waals surface area contributed by atoms with Gasteiger partial charge in [0.05, 0.1) is 23.4 Å². The van der Waals surface area contributed by atoms with Crippen LogP contribution in [0, 0.1) is 10.8 Å². The highest BCUT2D eigenvalue weighted by Crippen LogP contribution is 2.61. The van der Waals surface area contributed by atoms with Crippen molar-refractivity contribution >= 4 is 11.8 Å². The molecule has 49 heavy (non-hydrogen) atoms. The lowest BCUT2D eigenvalue weighted by molar-refractivity contribution is -0.204. The van der Waals surface area contributed by atoms with E-state index in [1.807, 2.05) is 0 Å². The van der Waals surface area contributed by atoms with Crippen LogP contribution in [-0.2, 0) is 14.9 Å². The molecule has 5 aliphatic rings. The van der Waals surface area contributed by atoms with Crippen molar-refractivity contribution in [3.8, 4) is 0 Å². The molecule has 2 saturated carbocycles. The van der Waals surface area contributed by atoms with Gasteiger partial charge in [-0.05, 0) is 57.9 Å². The number of hydrogen-bond donors (Lipinski definition) is 0. The number of aromatic nitrogens is 6. The van der Waals surface area contributed by atoms with Crippen molar-refractivity contribution in [2.75, 3.05) is 32.8 Å². The first-order valence-corrected chi connectivity index (χ1v) is 16.4. The van der Waals surface area contributed by atoms with E-state index in [0.29, 0.717) is 12.2 Å². The molecule has 8 rings (SSSR count).